The number of piperazine rings is 1. The number of hydrogen-bond acceptors (Lipinski definition) is 5. The zero-order valence-corrected chi connectivity index (χ0v) is 21.0. The molecule has 2 aromatic carbocycles. The molecule has 0 spiro atoms. The van der Waals surface area contributed by atoms with Gasteiger partial charge in [0.05, 0.1) is 5.69 Å². The lowest BCUT2D eigenvalue weighted by molar-refractivity contribution is -0.121. The van der Waals surface area contributed by atoms with Gasteiger partial charge >= 0.3 is 0 Å². The highest BCUT2D eigenvalue weighted by Gasteiger charge is 2.38. The average Bonchev–Trinajstić information content (AvgIpc) is 2.83. The topological polar surface area (TPSA) is 47.1 Å². The second kappa shape index (κ2) is 11.3. The first kappa shape index (κ1) is 24.7. The molecule has 34 heavy (non-hydrogen) atoms. The van der Waals surface area contributed by atoms with Crippen molar-refractivity contribution in [1.29, 1.82) is 0 Å². The fraction of sp³-hybridized carbons (Fsp3) is 0.481. The van der Waals surface area contributed by atoms with E-state index in [-0.39, 0.29) is 11.7 Å². The predicted octanol–water partition coefficient (Wildman–Crippen LogP) is 4.04. The smallest absolute Gasteiger partial charge is 0.237 e. The monoisotopic (exact) mass is 482 g/mol. The van der Waals surface area contributed by atoms with Crippen LogP contribution >= 0.6 is 11.6 Å². The first-order valence-electron chi connectivity index (χ1n) is 12.3. The predicted molar refractivity (Wildman–Crippen MR) is 139 cm³/mol. The molecule has 1 atom stereocenters. The zero-order valence-electron chi connectivity index (χ0n) is 20.3. The Hall–Kier alpha value is -2.41. The van der Waals surface area contributed by atoms with E-state index in [1.54, 1.807) is 0 Å². The van der Waals surface area contributed by atoms with Crippen molar-refractivity contribution in [3.8, 4) is 0 Å². The van der Waals surface area contributed by atoms with Crippen molar-refractivity contribution in [1.82, 2.24) is 9.80 Å². The molecule has 2 aromatic rings. The van der Waals surface area contributed by atoms with Crippen molar-refractivity contribution < 1.29 is 9.59 Å². The molecule has 2 aliphatic rings. The lowest BCUT2D eigenvalue weighted by atomic mass is 9.87. The summed E-state index contributed by atoms with van der Waals surface area (Å²) in [5, 5.41) is 0.763. The van der Waals surface area contributed by atoms with Crippen LogP contribution in [0, 0.1) is 5.92 Å². The number of carbonyl (C=O) groups excluding carboxylic acids is 2. The molecule has 2 heterocycles. The van der Waals surface area contributed by atoms with E-state index in [9.17, 15) is 9.59 Å². The van der Waals surface area contributed by atoms with Crippen LogP contribution < -0.4 is 9.80 Å². The third-order valence-corrected chi connectivity index (χ3v) is 7.08. The van der Waals surface area contributed by atoms with E-state index < -0.39 is 5.92 Å². The van der Waals surface area contributed by atoms with Crippen molar-refractivity contribution >= 4 is 34.7 Å². The number of para-hydroxylation sites is 1. The minimum atomic E-state index is -0.568. The Morgan fingerprint density at radius 2 is 1.71 bits per heavy atom. The van der Waals surface area contributed by atoms with Crippen LogP contribution in [0.4, 0.5) is 11.4 Å². The number of Topliss-reactive ketones (excluding diaryl/α,β-unsaturated/α-hetero) is 1. The van der Waals surface area contributed by atoms with Crippen LogP contribution in [0.15, 0.2) is 48.5 Å². The van der Waals surface area contributed by atoms with E-state index in [0.717, 1.165) is 62.8 Å². The summed E-state index contributed by atoms with van der Waals surface area (Å²) in [7, 11) is 4.07. The molecule has 0 aliphatic carbocycles. The number of fused-ring (bicyclic) bond motifs is 1. The Morgan fingerprint density at radius 1 is 0.941 bits per heavy atom. The molecule has 1 saturated heterocycles. The number of halogens is 1. The SMILES string of the molecule is CN(C)CCCN1C(=O)C(CCCN2CCN(c3cccc(Cl)c3)CC2)C(=O)c2ccccc21. The normalized spacial score (nSPS) is 19.1. The minimum Gasteiger partial charge on any atom is -0.369 e. The Bertz CT molecular complexity index is 1000. The van der Waals surface area contributed by atoms with Crippen molar-refractivity contribution in [2.75, 3.05) is 69.7 Å². The van der Waals surface area contributed by atoms with Gasteiger partial charge in [0, 0.05) is 49.0 Å². The van der Waals surface area contributed by atoms with Gasteiger partial charge in [-0.3, -0.25) is 14.5 Å². The van der Waals surface area contributed by atoms with Gasteiger partial charge in [0.2, 0.25) is 5.91 Å². The van der Waals surface area contributed by atoms with Crippen LogP contribution in [0.25, 0.3) is 0 Å². The molecule has 0 aromatic heterocycles. The molecule has 2 aliphatic heterocycles. The standard InChI is InChI=1S/C27H35ClN4O2/c1-29(2)13-7-15-32-25-12-4-3-10-23(25)26(33)24(27(32)34)11-6-14-30-16-18-31(19-17-30)22-9-5-8-21(28)20-22/h3-5,8-10,12,20,24H,6-7,11,13-19H2,1-2H3. The number of amides is 1. The maximum absolute atomic E-state index is 13.3. The Morgan fingerprint density at radius 3 is 2.44 bits per heavy atom. The summed E-state index contributed by atoms with van der Waals surface area (Å²) in [5.74, 6) is -0.620. The number of ketones is 1. The molecule has 4 rings (SSSR count). The molecule has 0 N–H and O–H groups in total. The summed E-state index contributed by atoms with van der Waals surface area (Å²) < 4.78 is 0. The third kappa shape index (κ3) is 5.80. The maximum atomic E-state index is 13.3. The number of carbonyl (C=O) groups is 2. The highest BCUT2D eigenvalue weighted by atomic mass is 35.5. The van der Waals surface area contributed by atoms with E-state index >= 15 is 0 Å². The van der Waals surface area contributed by atoms with Crippen LogP contribution in [-0.4, -0.2) is 81.4 Å². The van der Waals surface area contributed by atoms with E-state index in [2.05, 4.69) is 20.8 Å². The molecule has 0 radical (unpaired) electrons. The molecule has 6 nitrogen and oxygen atoms in total. The molecule has 0 bridgehead atoms. The lowest BCUT2D eigenvalue weighted by Gasteiger charge is -2.37. The van der Waals surface area contributed by atoms with Gasteiger partial charge < -0.3 is 14.7 Å². The van der Waals surface area contributed by atoms with Crippen LogP contribution in [-0.2, 0) is 4.79 Å². The highest BCUT2D eigenvalue weighted by Crippen LogP contribution is 2.32. The fourth-order valence-electron chi connectivity index (χ4n) is 4.98. The molecular formula is C27H35ClN4O2. The number of benzene rings is 2. The summed E-state index contributed by atoms with van der Waals surface area (Å²) in [4.78, 5) is 35.3. The molecule has 1 unspecified atom stereocenters. The Kier molecular flexibility index (Phi) is 8.24. The molecule has 0 saturated carbocycles. The van der Waals surface area contributed by atoms with Crippen LogP contribution in [0.3, 0.4) is 0 Å². The second-order valence-corrected chi connectivity index (χ2v) is 9.97. The maximum Gasteiger partial charge on any atom is 0.237 e. The van der Waals surface area contributed by atoms with Gasteiger partial charge in [0.25, 0.3) is 0 Å². The Balaban J connectivity index is 1.32. The number of rotatable bonds is 9. The average molecular weight is 483 g/mol. The summed E-state index contributed by atoms with van der Waals surface area (Å²) in [6.45, 7) is 6.30. The summed E-state index contributed by atoms with van der Waals surface area (Å²) in [5.41, 5.74) is 2.62. The Labute approximate surface area is 208 Å². The third-order valence-electron chi connectivity index (χ3n) is 6.84. The van der Waals surface area contributed by atoms with Crippen molar-refractivity contribution in [3.05, 3.63) is 59.1 Å². The van der Waals surface area contributed by atoms with Gasteiger partial charge in [-0.2, -0.15) is 0 Å². The van der Waals surface area contributed by atoms with Crippen LogP contribution in [0.5, 0.6) is 0 Å². The van der Waals surface area contributed by atoms with Gasteiger partial charge in [-0.25, -0.2) is 0 Å². The first-order valence-corrected chi connectivity index (χ1v) is 12.6. The van der Waals surface area contributed by atoms with E-state index in [4.69, 9.17) is 11.6 Å². The first-order chi connectivity index (χ1) is 16.4. The summed E-state index contributed by atoms with van der Waals surface area (Å²) in [6, 6.07) is 15.6. The highest BCUT2D eigenvalue weighted by molar-refractivity contribution is 6.30. The van der Waals surface area contributed by atoms with Crippen molar-refractivity contribution in [2.24, 2.45) is 5.92 Å². The number of nitrogens with zero attached hydrogens (tertiary/aromatic N) is 4. The number of anilines is 2. The van der Waals surface area contributed by atoms with E-state index in [0.29, 0.717) is 18.5 Å². The van der Waals surface area contributed by atoms with Gasteiger partial charge in [-0.15, -0.1) is 0 Å². The van der Waals surface area contributed by atoms with Crippen molar-refractivity contribution in [3.63, 3.8) is 0 Å². The van der Waals surface area contributed by atoms with Crippen LogP contribution in [0.1, 0.15) is 29.6 Å². The van der Waals surface area contributed by atoms with Gasteiger partial charge in [-0.1, -0.05) is 29.8 Å². The molecule has 1 amide bonds. The van der Waals surface area contributed by atoms with Crippen LogP contribution in [0.2, 0.25) is 5.02 Å². The molecule has 1 fully saturated rings. The van der Waals surface area contributed by atoms with Crippen molar-refractivity contribution in [2.45, 2.75) is 19.3 Å². The fourth-order valence-corrected chi connectivity index (χ4v) is 5.16. The number of hydrogen-bond donors (Lipinski definition) is 0. The second-order valence-electron chi connectivity index (χ2n) is 9.53. The van der Waals surface area contributed by atoms with E-state index in [1.165, 1.54) is 5.69 Å². The summed E-state index contributed by atoms with van der Waals surface area (Å²) in [6.07, 6.45) is 2.32. The quantitative estimate of drug-likeness (QED) is 0.505. The molecule has 7 heteroatoms. The van der Waals surface area contributed by atoms with Gasteiger partial charge in [0.1, 0.15) is 5.92 Å². The lowest BCUT2D eigenvalue weighted by Crippen LogP contribution is -2.47. The summed E-state index contributed by atoms with van der Waals surface area (Å²) >= 11 is 6.14. The van der Waals surface area contributed by atoms with Gasteiger partial charge in [0.15, 0.2) is 5.78 Å². The minimum absolute atomic E-state index is 0.0183. The molecular weight excluding hydrogens is 448 g/mol. The molecule has 182 valence electrons. The zero-order chi connectivity index (χ0) is 24.1. The largest absolute Gasteiger partial charge is 0.369 e. The van der Waals surface area contributed by atoms with Gasteiger partial charge in [-0.05, 0) is 76.8 Å². The van der Waals surface area contributed by atoms with E-state index in [1.807, 2.05) is 61.5 Å².